The lowest BCUT2D eigenvalue weighted by molar-refractivity contribution is -0.134. The number of amides is 2. The van der Waals surface area contributed by atoms with Crippen LogP contribution in [-0.2, 0) is 9.59 Å². The summed E-state index contributed by atoms with van der Waals surface area (Å²) in [6.07, 6.45) is 3.50. The fourth-order valence-corrected chi connectivity index (χ4v) is 2.16. The van der Waals surface area contributed by atoms with Crippen molar-refractivity contribution in [1.29, 1.82) is 0 Å². The van der Waals surface area contributed by atoms with Crippen molar-refractivity contribution in [3.63, 3.8) is 0 Å². The topological polar surface area (TPSA) is 78.1 Å². The maximum absolute atomic E-state index is 11.9. The predicted octanol–water partition coefficient (Wildman–Crippen LogP) is 1.37. The molecule has 1 fully saturated rings. The van der Waals surface area contributed by atoms with E-state index in [4.69, 9.17) is 0 Å². The second-order valence-electron chi connectivity index (χ2n) is 5.00. The van der Waals surface area contributed by atoms with Crippen molar-refractivity contribution in [3.05, 3.63) is 11.3 Å². The van der Waals surface area contributed by atoms with Gasteiger partial charge < -0.3 is 10.2 Å². The number of rotatable bonds is 3. The van der Waals surface area contributed by atoms with E-state index in [9.17, 15) is 9.59 Å². The van der Waals surface area contributed by atoms with Crippen molar-refractivity contribution in [2.45, 2.75) is 39.5 Å². The summed E-state index contributed by atoms with van der Waals surface area (Å²) in [5, 5.41) is 9.59. The standard InChI is InChI=1S/C13H20N4O2/c1-9-10(2)15-16-13(9)14-11(18)8-17-7-5-3-4-6-12(17)19/h3-8H2,1-2H3,(H2,14,15,16,18). The quantitative estimate of drug-likeness (QED) is 0.865. The van der Waals surface area contributed by atoms with Gasteiger partial charge in [-0.2, -0.15) is 5.10 Å². The Hall–Kier alpha value is -1.85. The van der Waals surface area contributed by atoms with Crippen LogP contribution in [0, 0.1) is 13.8 Å². The molecule has 0 radical (unpaired) electrons. The van der Waals surface area contributed by atoms with Gasteiger partial charge in [0.15, 0.2) is 5.82 Å². The van der Waals surface area contributed by atoms with Crippen molar-refractivity contribution in [2.24, 2.45) is 0 Å². The summed E-state index contributed by atoms with van der Waals surface area (Å²) in [6, 6.07) is 0. The molecule has 0 spiro atoms. The fourth-order valence-electron chi connectivity index (χ4n) is 2.16. The molecule has 104 valence electrons. The van der Waals surface area contributed by atoms with Gasteiger partial charge in [0.25, 0.3) is 0 Å². The maximum atomic E-state index is 11.9. The van der Waals surface area contributed by atoms with E-state index in [-0.39, 0.29) is 18.4 Å². The second-order valence-corrected chi connectivity index (χ2v) is 5.00. The zero-order chi connectivity index (χ0) is 13.8. The highest BCUT2D eigenvalue weighted by Gasteiger charge is 2.20. The van der Waals surface area contributed by atoms with Crippen molar-refractivity contribution < 1.29 is 9.59 Å². The zero-order valence-electron chi connectivity index (χ0n) is 11.5. The van der Waals surface area contributed by atoms with Crippen LogP contribution in [0.15, 0.2) is 0 Å². The van der Waals surface area contributed by atoms with Gasteiger partial charge in [-0.1, -0.05) is 6.42 Å². The molecule has 0 saturated carbocycles. The Kier molecular flexibility index (Phi) is 4.19. The summed E-state index contributed by atoms with van der Waals surface area (Å²) in [5.74, 6) is 0.428. The average Bonchev–Trinajstić information content (AvgIpc) is 2.58. The lowest BCUT2D eigenvalue weighted by atomic mass is 10.2. The van der Waals surface area contributed by atoms with E-state index in [1.807, 2.05) is 13.8 Å². The SMILES string of the molecule is Cc1[nH]nc(NC(=O)CN2CCCCCC2=O)c1C. The van der Waals surface area contributed by atoms with E-state index in [0.717, 1.165) is 30.5 Å². The molecule has 1 aromatic heterocycles. The van der Waals surface area contributed by atoms with E-state index in [2.05, 4.69) is 15.5 Å². The van der Waals surface area contributed by atoms with E-state index in [1.54, 1.807) is 4.90 Å². The van der Waals surface area contributed by atoms with E-state index in [1.165, 1.54) is 0 Å². The van der Waals surface area contributed by atoms with Gasteiger partial charge in [0, 0.05) is 24.2 Å². The number of aryl methyl sites for hydroxylation is 1. The number of H-pyrrole nitrogens is 1. The molecule has 1 saturated heterocycles. The summed E-state index contributed by atoms with van der Waals surface area (Å²) in [7, 11) is 0. The normalized spacial score (nSPS) is 16.3. The van der Waals surface area contributed by atoms with Crippen LogP contribution in [0.5, 0.6) is 0 Å². The number of nitrogens with zero attached hydrogens (tertiary/aromatic N) is 2. The number of anilines is 1. The Labute approximate surface area is 112 Å². The molecular formula is C13H20N4O2. The third-order valence-corrected chi connectivity index (χ3v) is 3.52. The molecule has 2 amide bonds. The average molecular weight is 264 g/mol. The molecule has 0 bridgehead atoms. The number of aromatic amines is 1. The number of aromatic nitrogens is 2. The van der Waals surface area contributed by atoms with Gasteiger partial charge in [0.2, 0.25) is 11.8 Å². The van der Waals surface area contributed by atoms with Crippen LogP contribution in [0.2, 0.25) is 0 Å². The first-order chi connectivity index (χ1) is 9.08. The number of carbonyl (C=O) groups is 2. The number of nitrogens with one attached hydrogen (secondary N) is 2. The minimum atomic E-state index is -0.190. The molecule has 0 unspecified atom stereocenters. The van der Waals surface area contributed by atoms with Crippen LogP contribution in [0.3, 0.4) is 0 Å². The number of carbonyl (C=O) groups excluding carboxylic acids is 2. The fraction of sp³-hybridized carbons (Fsp3) is 0.615. The Bertz CT molecular complexity index is 481. The third-order valence-electron chi connectivity index (χ3n) is 3.52. The molecule has 6 nitrogen and oxygen atoms in total. The summed E-state index contributed by atoms with van der Waals surface area (Å²) in [6.45, 7) is 4.58. The first kappa shape index (κ1) is 13.6. The molecule has 0 aliphatic carbocycles. The Morgan fingerprint density at radius 2 is 2.16 bits per heavy atom. The number of hydrogen-bond acceptors (Lipinski definition) is 3. The number of likely N-dealkylation sites (tertiary alicyclic amines) is 1. The molecule has 1 aromatic rings. The van der Waals surface area contributed by atoms with Crippen molar-refractivity contribution in [2.75, 3.05) is 18.4 Å². The molecule has 6 heteroatoms. The minimum Gasteiger partial charge on any atom is -0.333 e. The van der Waals surface area contributed by atoms with Crippen LogP contribution >= 0.6 is 0 Å². The lowest BCUT2D eigenvalue weighted by Gasteiger charge is -2.19. The first-order valence-electron chi connectivity index (χ1n) is 6.67. The Balaban J connectivity index is 1.93. The van der Waals surface area contributed by atoms with E-state index < -0.39 is 0 Å². The molecule has 1 aliphatic rings. The Morgan fingerprint density at radius 1 is 1.37 bits per heavy atom. The highest BCUT2D eigenvalue weighted by molar-refractivity contribution is 5.94. The molecule has 2 rings (SSSR count). The van der Waals surface area contributed by atoms with Crippen LogP contribution in [0.4, 0.5) is 5.82 Å². The number of hydrogen-bond donors (Lipinski definition) is 2. The van der Waals surface area contributed by atoms with Crippen LogP contribution < -0.4 is 5.32 Å². The van der Waals surface area contributed by atoms with Crippen molar-refractivity contribution >= 4 is 17.6 Å². The van der Waals surface area contributed by atoms with Crippen molar-refractivity contribution in [1.82, 2.24) is 15.1 Å². The smallest absolute Gasteiger partial charge is 0.245 e. The molecule has 0 aromatic carbocycles. The highest BCUT2D eigenvalue weighted by atomic mass is 16.2. The summed E-state index contributed by atoms with van der Waals surface area (Å²) in [4.78, 5) is 25.4. The van der Waals surface area contributed by atoms with Gasteiger partial charge in [-0.15, -0.1) is 0 Å². The van der Waals surface area contributed by atoms with Crippen molar-refractivity contribution in [3.8, 4) is 0 Å². The highest BCUT2D eigenvalue weighted by Crippen LogP contribution is 2.14. The van der Waals surface area contributed by atoms with Gasteiger partial charge in [-0.05, 0) is 26.7 Å². The first-order valence-corrected chi connectivity index (χ1v) is 6.67. The Morgan fingerprint density at radius 3 is 2.84 bits per heavy atom. The maximum Gasteiger partial charge on any atom is 0.245 e. The molecule has 0 atom stereocenters. The third kappa shape index (κ3) is 3.33. The van der Waals surface area contributed by atoms with E-state index >= 15 is 0 Å². The minimum absolute atomic E-state index is 0.0718. The molecular weight excluding hydrogens is 244 g/mol. The van der Waals surface area contributed by atoms with Crippen LogP contribution in [-0.4, -0.2) is 40.0 Å². The molecule has 1 aliphatic heterocycles. The van der Waals surface area contributed by atoms with Gasteiger partial charge >= 0.3 is 0 Å². The predicted molar refractivity (Wildman–Crippen MR) is 71.7 cm³/mol. The van der Waals surface area contributed by atoms with E-state index in [0.29, 0.717) is 18.8 Å². The lowest BCUT2D eigenvalue weighted by Crippen LogP contribution is -2.37. The van der Waals surface area contributed by atoms with Gasteiger partial charge in [0.1, 0.15) is 0 Å². The summed E-state index contributed by atoms with van der Waals surface area (Å²) >= 11 is 0. The van der Waals surface area contributed by atoms with Gasteiger partial charge in [-0.25, -0.2) is 0 Å². The largest absolute Gasteiger partial charge is 0.333 e. The molecule has 19 heavy (non-hydrogen) atoms. The van der Waals surface area contributed by atoms with Gasteiger partial charge in [-0.3, -0.25) is 14.7 Å². The molecule has 2 N–H and O–H groups in total. The molecule has 2 heterocycles. The monoisotopic (exact) mass is 264 g/mol. The van der Waals surface area contributed by atoms with Crippen LogP contribution in [0.1, 0.15) is 36.9 Å². The van der Waals surface area contributed by atoms with Gasteiger partial charge in [0.05, 0.1) is 6.54 Å². The summed E-state index contributed by atoms with van der Waals surface area (Å²) < 4.78 is 0. The zero-order valence-corrected chi connectivity index (χ0v) is 11.5. The van der Waals surface area contributed by atoms with Crippen LogP contribution in [0.25, 0.3) is 0 Å². The summed E-state index contributed by atoms with van der Waals surface area (Å²) in [5.41, 5.74) is 1.86. The second kappa shape index (κ2) is 5.86.